The predicted molar refractivity (Wildman–Crippen MR) is 151 cm³/mol. The number of aliphatic hydroxyl groups is 2. The van der Waals surface area contributed by atoms with E-state index >= 15 is 0 Å². The van der Waals surface area contributed by atoms with Gasteiger partial charge in [0, 0.05) is 5.56 Å². The van der Waals surface area contributed by atoms with Crippen LogP contribution in [-0.4, -0.2) is 46.6 Å². The Balaban J connectivity index is 1.67. The largest absolute Gasteiger partial charge is 0.491 e. The summed E-state index contributed by atoms with van der Waals surface area (Å²) in [6.45, 7) is 4.44. The molecule has 0 amide bonds. The first-order valence-electron chi connectivity index (χ1n) is 13.1. The Kier molecular flexibility index (Phi) is 6.51. The monoisotopic (exact) mass is 518 g/mol. The molecule has 0 unspecified atom stereocenters. The first-order chi connectivity index (χ1) is 19.1. The fraction of sp³-hybridized carbons (Fsp3) is 0.212. The lowest BCUT2D eigenvalue weighted by atomic mass is 9.69. The minimum absolute atomic E-state index is 0.0431. The maximum Gasteiger partial charge on any atom is 0.122 e. The topological polar surface area (TPSA) is 84.7 Å². The zero-order valence-corrected chi connectivity index (χ0v) is 22.0. The highest BCUT2D eigenvalue weighted by atomic mass is 16.5. The zero-order chi connectivity index (χ0) is 27.0. The number of aliphatic hydroxyl groups excluding tert-OH is 2. The van der Waals surface area contributed by atoms with Gasteiger partial charge in [0.05, 0.1) is 41.1 Å². The maximum atomic E-state index is 9.28. The van der Waals surface area contributed by atoms with Crippen LogP contribution in [0.25, 0.3) is 22.3 Å². The maximum absolute atomic E-state index is 9.28. The second-order valence-corrected chi connectivity index (χ2v) is 9.81. The van der Waals surface area contributed by atoms with Gasteiger partial charge in [-0.2, -0.15) is 0 Å². The van der Waals surface area contributed by atoms with Gasteiger partial charge < -0.3 is 19.7 Å². The number of para-hydroxylation sites is 2. The average molecular weight is 519 g/mol. The number of hydrogen-bond acceptors (Lipinski definition) is 6. The molecule has 0 spiro atoms. The summed E-state index contributed by atoms with van der Waals surface area (Å²) in [6.07, 6.45) is 0. The third-order valence-corrected chi connectivity index (χ3v) is 7.43. The highest BCUT2D eigenvalue weighted by Gasteiger charge is 2.49. The van der Waals surface area contributed by atoms with Crippen molar-refractivity contribution in [3.05, 3.63) is 118 Å². The minimum Gasteiger partial charge on any atom is -0.491 e. The normalized spacial score (nSPS) is 13.2. The van der Waals surface area contributed by atoms with Gasteiger partial charge in [0.1, 0.15) is 24.7 Å². The van der Waals surface area contributed by atoms with Crippen molar-refractivity contribution in [1.29, 1.82) is 0 Å². The van der Waals surface area contributed by atoms with Gasteiger partial charge in [-0.05, 0) is 65.9 Å². The SMILES string of the molecule is Cc1cc(C2(c3ccc(OCCO)c(C)c3)c3ccccc3-c3nc4ccccc4nc32)ccc1OCCO. The first kappa shape index (κ1) is 25.0. The van der Waals surface area contributed by atoms with Gasteiger partial charge in [0.2, 0.25) is 0 Å². The summed E-state index contributed by atoms with van der Waals surface area (Å²) in [5.74, 6) is 1.48. The molecule has 0 bridgehead atoms. The summed E-state index contributed by atoms with van der Waals surface area (Å²) in [7, 11) is 0. The Morgan fingerprint density at radius 1 is 0.667 bits per heavy atom. The quantitative estimate of drug-likeness (QED) is 0.283. The van der Waals surface area contributed by atoms with Crippen molar-refractivity contribution >= 4 is 11.0 Å². The molecule has 196 valence electrons. The number of aryl methyl sites for hydroxylation is 2. The van der Waals surface area contributed by atoms with Gasteiger partial charge in [0.25, 0.3) is 0 Å². The van der Waals surface area contributed by atoms with E-state index in [0.29, 0.717) is 0 Å². The van der Waals surface area contributed by atoms with Crippen LogP contribution in [-0.2, 0) is 5.41 Å². The van der Waals surface area contributed by atoms with Crippen molar-refractivity contribution in [3.63, 3.8) is 0 Å². The highest BCUT2D eigenvalue weighted by molar-refractivity contribution is 5.87. The van der Waals surface area contributed by atoms with Crippen LogP contribution in [0.4, 0.5) is 0 Å². The number of benzene rings is 4. The molecule has 0 saturated heterocycles. The fourth-order valence-electron chi connectivity index (χ4n) is 5.74. The van der Waals surface area contributed by atoms with Crippen molar-refractivity contribution in [2.75, 3.05) is 26.4 Å². The van der Waals surface area contributed by atoms with Crippen LogP contribution in [0.3, 0.4) is 0 Å². The summed E-state index contributed by atoms with van der Waals surface area (Å²) < 4.78 is 11.6. The van der Waals surface area contributed by atoms with E-state index in [-0.39, 0.29) is 26.4 Å². The van der Waals surface area contributed by atoms with E-state index in [1.54, 1.807) is 0 Å². The van der Waals surface area contributed by atoms with Crippen LogP contribution in [0, 0.1) is 13.8 Å². The molecule has 1 aliphatic rings. The van der Waals surface area contributed by atoms with Crippen LogP contribution >= 0.6 is 0 Å². The molecule has 6 heteroatoms. The number of nitrogens with zero attached hydrogens (tertiary/aromatic N) is 2. The van der Waals surface area contributed by atoms with Gasteiger partial charge in [-0.1, -0.05) is 60.7 Å². The van der Waals surface area contributed by atoms with Gasteiger partial charge in [-0.15, -0.1) is 0 Å². The van der Waals surface area contributed by atoms with Crippen molar-refractivity contribution < 1.29 is 19.7 Å². The lowest BCUT2D eigenvalue weighted by molar-refractivity contribution is 0.200. The molecule has 4 aromatic carbocycles. The predicted octanol–water partition coefficient (Wildman–Crippen LogP) is 5.35. The van der Waals surface area contributed by atoms with E-state index in [2.05, 4.69) is 42.5 Å². The second kappa shape index (κ2) is 10.1. The summed E-state index contributed by atoms with van der Waals surface area (Å²) in [6, 6.07) is 28.8. The Morgan fingerprint density at radius 3 is 1.77 bits per heavy atom. The Hall–Kier alpha value is -4.26. The Bertz CT molecular complexity index is 1620. The van der Waals surface area contributed by atoms with E-state index in [1.165, 1.54) is 0 Å². The molecule has 6 nitrogen and oxygen atoms in total. The number of ether oxygens (including phenoxy) is 2. The Morgan fingerprint density at radius 2 is 1.21 bits per heavy atom. The van der Waals surface area contributed by atoms with E-state index in [4.69, 9.17) is 19.4 Å². The van der Waals surface area contributed by atoms with Crippen LogP contribution in [0.5, 0.6) is 11.5 Å². The molecule has 5 aromatic rings. The molecule has 0 aliphatic heterocycles. The van der Waals surface area contributed by atoms with E-state index < -0.39 is 5.41 Å². The molecule has 2 N–H and O–H groups in total. The van der Waals surface area contributed by atoms with Crippen LogP contribution < -0.4 is 9.47 Å². The molecule has 1 heterocycles. The summed E-state index contributed by atoms with van der Waals surface area (Å²) in [5, 5.41) is 18.6. The zero-order valence-electron chi connectivity index (χ0n) is 22.0. The molecule has 0 fully saturated rings. The molecular formula is C33H30N2O4. The number of rotatable bonds is 8. The molecule has 1 aliphatic carbocycles. The molecule has 6 rings (SSSR count). The fourth-order valence-corrected chi connectivity index (χ4v) is 5.74. The lowest BCUT2D eigenvalue weighted by Gasteiger charge is -2.33. The number of fused-ring (bicyclic) bond motifs is 4. The van der Waals surface area contributed by atoms with Crippen LogP contribution in [0.15, 0.2) is 84.9 Å². The van der Waals surface area contributed by atoms with Crippen molar-refractivity contribution in [2.45, 2.75) is 19.3 Å². The first-order valence-corrected chi connectivity index (χ1v) is 13.1. The van der Waals surface area contributed by atoms with Gasteiger partial charge in [-0.3, -0.25) is 0 Å². The second-order valence-electron chi connectivity index (χ2n) is 9.81. The van der Waals surface area contributed by atoms with E-state index in [9.17, 15) is 10.2 Å². The lowest BCUT2D eigenvalue weighted by Crippen LogP contribution is -2.30. The number of hydrogen-bond donors (Lipinski definition) is 2. The highest BCUT2D eigenvalue weighted by Crippen LogP contribution is 2.55. The van der Waals surface area contributed by atoms with Gasteiger partial charge in [0.15, 0.2) is 0 Å². The van der Waals surface area contributed by atoms with Gasteiger partial charge >= 0.3 is 0 Å². The molecular weight excluding hydrogens is 488 g/mol. The van der Waals surface area contributed by atoms with Crippen molar-refractivity contribution in [1.82, 2.24) is 9.97 Å². The standard InChI is InChI=1S/C33H30N2O4/c1-21-19-23(11-13-29(21)38-17-15-36)33(24-12-14-30(22(2)20-24)39-18-16-37)26-8-4-3-7-25(26)31-32(33)35-28-10-6-5-9-27(28)34-31/h3-14,19-20,36-37H,15-18H2,1-2H3. The molecule has 39 heavy (non-hydrogen) atoms. The summed E-state index contributed by atoms with van der Waals surface area (Å²) in [4.78, 5) is 10.4. The molecule has 1 aromatic heterocycles. The van der Waals surface area contributed by atoms with Crippen molar-refractivity contribution in [2.24, 2.45) is 0 Å². The molecule has 0 atom stereocenters. The average Bonchev–Trinajstić information content (AvgIpc) is 3.25. The summed E-state index contributed by atoms with van der Waals surface area (Å²) in [5.41, 5.74) is 8.94. The van der Waals surface area contributed by atoms with Crippen molar-refractivity contribution in [3.8, 4) is 22.8 Å². The minimum atomic E-state index is -0.733. The smallest absolute Gasteiger partial charge is 0.122 e. The van der Waals surface area contributed by atoms with Crippen LogP contribution in [0.1, 0.15) is 33.5 Å². The van der Waals surface area contributed by atoms with E-state index in [1.807, 2.05) is 56.3 Å². The number of aromatic nitrogens is 2. The Labute approximate surface area is 227 Å². The van der Waals surface area contributed by atoms with Gasteiger partial charge in [-0.25, -0.2) is 9.97 Å². The van der Waals surface area contributed by atoms with Crippen LogP contribution in [0.2, 0.25) is 0 Å². The third-order valence-electron chi connectivity index (χ3n) is 7.43. The molecule has 0 saturated carbocycles. The third kappa shape index (κ3) is 4.04. The van der Waals surface area contributed by atoms with E-state index in [0.717, 1.165) is 67.3 Å². The molecule has 0 radical (unpaired) electrons. The summed E-state index contributed by atoms with van der Waals surface area (Å²) >= 11 is 0.